The molecule has 2 atom stereocenters. The molecule has 0 spiro atoms. The summed E-state index contributed by atoms with van der Waals surface area (Å²) in [6.07, 6.45) is 0.712. The molecule has 3 N–H and O–H groups in total. The molecule has 1 unspecified atom stereocenters. The summed E-state index contributed by atoms with van der Waals surface area (Å²) in [5.74, 6) is -1.29. The molecule has 0 saturated carbocycles. The second kappa shape index (κ2) is 6.48. The van der Waals surface area contributed by atoms with E-state index >= 15 is 0 Å². The number of rotatable bonds is 6. The highest BCUT2D eigenvalue weighted by Gasteiger charge is 2.27. The number of aliphatic carboxylic acids is 1. The highest BCUT2D eigenvalue weighted by atomic mass is 16.4. The van der Waals surface area contributed by atoms with Crippen LogP contribution in [0, 0.1) is 5.92 Å². The van der Waals surface area contributed by atoms with E-state index in [0.717, 1.165) is 0 Å². The quantitative estimate of drug-likeness (QED) is 0.703. The molecule has 0 aromatic carbocycles. The molecule has 5 nitrogen and oxygen atoms in total. The Morgan fingerprint density at radius 3 is 2.12 bits per heavy atom. The predicted molar refractivity (Wildman–Crippen MR) is 61.9 cm³/mol. The molecule has 1 amide bonds. The summed E-state index contributed by atoms with van der Waals surface area (Å²) in [5, 5.41) is 8.76. The Labute approximate surface area is 96.6 Å². The Balaban J connectivity index is 4.75. The first-order valence-electron chi connectivity index (χ1n) is 5.59. The molecule has 0 heterocycles. The minimum Gasteiger partial charge on any atom is -0.480 e. The molecule has 0 rings (SSSR count). The third-order valence-corrected chi connectivity index (χ3v) is 2.71. The van der Waals surface area contributed by atoms with Gasteiger partial charge >= 0.3 is 5.97 Å². The highest BCUT2D eigenvalue weighted by molar-refractivity contribution is 5.85. The summed E-state index contributed by atoms with van der Waals surface area (Å²) in [6, 6.07) is -0.734. The Hall–Kier alpha value is -1.10. The van der Waals surface area contributed by atoms with Gasteiger partial charge in [-0.1, -0.05) is 20.8 Å². The standard InChI is InChI=1S/C11H22N2O3/c1-5-8(4)13(6-9(14)15)11(16)10(12)7(2)3/h7-8,10H,5-6,12H2,1-4H3,(H,14,15)/t8?,10-/m1/s1. The SMILES string of the molecule is CCC(C)N(CC(=O)O)C(=O)[C@H](N)C(C)C. The molecule has 0 fully saturated rings. The first-order chi connectivity index (χ1) is 7.31. The monoisotopic (exact) mass is 230 g/mol. The minimum atomic E-state index is -1.01. The van der Waals surface area contributed by atoms with Gasteiger partial charge in [-0.05, 0) is 19.3 Å². The average Bonchev–Trinajstić information content (AvgIpc) is 2.22. The first-order valence-corrected chi connectivity index (χ1v) is 5.59. The number of carbonyl (C=O) groups excluding carboxylic acids is 1. The van der Waals surface area contributed by atoms with Crippen LogP contribution in [0.5, 0.6) is 0 Å². The molecule has 0 radical (unpaired) electrons. The van der Waals surface area contributed by atoms with Gasteiger partial charge in [0.15, 0.2) is 0 Å². The van der Waals surface area contributed by atoms with Gasteiger partial charge in [-0.3, -0.25) is 9.59 Å². The van der Waals surface area contributed by atoms with Crippen LogP contribution < -0.4 is 5.73 Å². The van der Waals surface area contributed by atoms with E-state index in [0.29, 0.717) is 6.42 Å². The number of carbonyl (C=O) groups is 2. The number of amides is 1. The molecule has 5 heteroatoms. The van der Waals surface area contributed by atoms with Crippen LogP contribution in [-0.2, 0) is 9.59 Å². The largest absolute Gasteiger partial charge is 0.480 e. The van der Waals surface area contributed by atoms with Crippen molar-refractivity contribution in [3.8, 4) is 0 Å². The van der Waals surface area contributed by atoms with E-state index in [1.165, 1.54) is 4.90 Å². The van der Waals surface area contributed by atoms with Crippen molar-refractivity contribution in [2.45, 2.75) is 46.2 Å². The number of hydrogen-bond donors (Lipinski definition) is 2. The van der Waals surface area contributed by atoms with Gasteiger partial charge in [0.1, 0.15) is 6.54 Å². The third kappa shape index (κ3) is 4.18. The lowest BCUT2D eigenvalue weighted by Gasteiger charge is -2.30. The Morgan fingerprint density at radius 2 is 1.81 bits per heavy atom. The molecule has 0 saturated heterocycles. The summed E-state index contributed by atoms with van der Waals surface area (Å²) >= 11 is 0. The lowest BCUT2D eigenvalue weighted by Crippen LogP contribution is -2.51. The molecule has 0 aliphatic carbocycles. The molecular weight excluding hydrogens is 208 g/mol. The van der Waals surface area contributed by atoms with Gasteiger partial charge in [0.25, 0.3) is 0 Å². The van der Waals surface area contributed by atoms with Crippen molar-refractivity contribution in [2.75, 3.05) is 6.54 Å². The summed E-state index contributed by atoms with van der Waals surface area (Å²) < 4.78 is 0. The van der Waals surface area contributed by atoms with Crippen LogP contribution in [0.4, 0.5) is 0 Å². The van der Waals surface area contributed by atoms with Crippen molar-refractivity contribution in [2.24, 2.45) is 11.7 Å². The molecule has 16 heavy (non-hydrogen) atoms. The third-order valence-electron chi connectivity index (χ3n) is 2.71. The maximum Gasteiger partial charge on any atom is 0.323 e. The summed E-state index contributed by atoms with van der Waals surface area (Å²) in [6.45, 7) is 7.14. The zero-order valence-corrected chi connectivity index (χ0v) is 10.4. The molecule has 0 bridgehead atoms. The van der Waals surface area contributed by atoms with Crippen molar-refractivity contribution < 1.29 is 14.7 Å². The van der Waals surface area contributed by atoms with Crippen molar-refractivity contribution >= 4 is 11.9 Å². The average molecular weight is 230 g/mol. The van der Waals surface area contributed by atoms with E-state index in [4.69, 9.17) is 10.8 Å². The van der Waals surface area contributed by atoms with Gasteiger partial charge in [-0.2, -0.15) is 0 Å². The Morgan fingerprint density at radius 1 is 1.31 bits per heavy atom. The van der Waals surface area contributed by atoms with Gasteiger partial charge in [0, 0.05) is 6.04 Å². The van der Waals surface area contributed by atoms with Gasteiger partial charge in [-0.15, -0.1) is 0 Å². The van der Waals surface area contributed by atoms with E-state index in [2.05, 4.69) is 0 Å². The number of carboxylic acid groups (broad SMARTS) is 1. The van der Waals surface area contributed by atoms with Crippen molar-refractivity contribution in [3.05, 3.63) is 0 Å². The zero-order chi connectivity index (χ0) is 12.9. The second-order valence-electron chi connectivity index (χ2n) is 4.39. The molecule has 0 aliphatic heterocycles. The first kappa shape index (κ1) is 14.9. The van der Waals surface area contributed by atoms with Crippen molar-refractivity contribution in [1.82, 2.24) is 4.90 Å². The van der Waals surface area contributed by atoms with Crippen LogP contribution in [-0.4, -0.2) is 40.5 Å². The van der Waals surface area contributed by atoms with Gasteiger partial charge in [-0.25, -0.2) is 0 Å². The number of nitrogens with two attached hydrogens (primary N) is 1. The summed E-state index contributed by atoms with van der Waals surface area (Å²) in [7, 11) is 0. The fourth-order valence-electron chi connectivity index (χ4n) is 1.29. The number of carboxylic acids is 1. The van der Waals surface area contributed by atoms with Gasteiger partial charge in [0.2, 0.25) is 5.91 Å². The second-order valence-corrected chi connectivity index (χ2v) is 4.39. The molecule has 94 valence electrons. The molecule has 0 aromatic rings. The maximum absolute atomic E-state index is 12.0. The smallest absolute Gasteiger partial charge is 0.323 e. The predicted octanol–water partition coefficient (Wildman–Crippen LogP) is 0.681. The van der Waals surface area contributed by atoms with Crippen LogP contribution in [0.25, 0.3) is 0 Å². The number of hydrogen-bond acceptors (Lipinski definition) is 3. The van der Waals surface area contributed by atoms with E-state index in [-0.39, 0.29) is 24.4 Å². The van der Waals surface area contributed by atoms with Crippen molar-refractivity contribution in [3.63, 3.8) is 0 Å². The summed E-state index contributed by atoms with van der Waals surface area (Å²) in [4.78, 5) is 24.0. The van der Waals surface area contributed by atoms with E-state index in [1.807, 2.05) is 27.7 Å². The zero-order valence-electron chi connectivity index (χ0n) is 10.4. The molecular formula is C11H22N2O3. The van der Waals surface area contributed by atoms with E-state index in [9.17, 15) is 9.59 Å². The van der Waals surface area contributed by atoms with Crippen LogP contribution in [0.2, 0.25) is 0 Å². The van der Waals surface area contributed by atoms with Crippen molar-refractivity contribution in [1.29, 1.82) is 0 Å². The molecule has 0 aliphatic rings. The van der Waals surface area contributed by atoms with E-state index < -0.39 is 12.0 Å². The number of nitrogens with zero attached hydrogens (tertiary/aromatic N) is 1. The summed E-state index contributed by atoms with van der Waals surface area (Å²) in [5.41, 5.74) is 5.74. The fourth-order valence-corrected chi connectivity index (χ4v) is 1.29. The van der Waals surface area contributed by atoms with Crippen LogP contribution in [0.1, 0.15) is 34.1 Å². The van der Waals surface area contributed by atoms with Crippen LogP contribution in [0.15, 0.2) is 0 Å². The van der Waals surface area contributed by atoms with Crippen LogP contribution >= 0.6 is 0 Å². The maximum atomic E-state index is 12.0. The topological polar surface area (TPSA) is 83.6 Å². The Kier molecular flexibility index (Phi) is 6.03. The normalized spacial score (nSPS) is 14.6. The van der Waals surface area contributed by atoms with Gasteiger partial charge in [0.05, 0.1) is 6.04 Å². The lowest BCUT2D eigenvalue weighted by molar-refractivity contribution is -0.147. The minimum absolute atomic E-state index is 0.00727. The molecule has 0 aromatic heterocycles. The lowest BCUT2D eigenvalue weighted by atomic mass is 10.0. The van der Waals surface area contributed by atoms with E-state index in [1.54, 1.807) is 0 Å². The fraction of sp³-hybridized carbons (Fsp3) is 0.818. The van der Waals surface area contributed by atoms with Crippen LogP contribution in [0.3, 0.4) is 0 Å². The highest BCUT2D eigenvalue weighted by Crippen LogP contribution is 2.09. The van der Waals surface area contributed by atoms with Gasteiger partial charge < -0.3 is 15.7 Å². The Bertz CT molecular complexity index is 254.